The Morgan fingerprint density at radius 2 is 2.07 bits per heavy atom. The highest BCUT2D eigenvalue weighted by atomic mass is 32.2. The van der Waals surface area contributed by atoms with Crippen LogP contribution in [0.2, 0.25) is 0 Å². The quantitative estimate of drug-likeness (QED) is 0.759. The van der Waals surface area contributed by atoms with E-state index in [0.717, 1.165) is 13.0 Å². The molecule has 0 saturated carbocycles. The van der Waals surface area contributed by atoms with Gasteiger partial charge in [0, 0.05) is 19.3 Å². The molecule has 0 aromatic carbocycles. The van der Waals surface area contributed by atoms with Gasteiger partial charge in [-0.3, -0.25) is 4.79 Å². The highest BCUT2D eigenvalue weighted by molar-refractivity contribution is 7.81. The minimum absolute atomic E-state index is 0.331. The Morgan fingerprint density at radius 1 is 1.50 bits per heavy atom. The predicted molar refractivity (Wildman–Crippen MR) is 57.3 cm³/mol. The zero-order chi connectivity index (χ0) is 11.1. The summed E-state index contributed by atoms with van der Waals surface area (Å²) < 4.78 is 12.7. The second-order valence-electron chi connectivity index (χ2n) is 2.99. The molecule has 1 saturated heterocycles. The van der Waals surface area contributed by atoms with Crippen LogP contribution in [-0.4, -0.2) is 38.9 Å². The third-order valence-corrected chi connectivity index (χ3v) is 3.16. The number of nitrogens with zero attached hydrogens (tertiary/aromatic N) is 1. The van der Waals surface area contributed by atoms with Gasteiger partial charge in [-0.05, 0) is 12.8 Å². The van der Waals surface area contributed by atoms with E-state index in [-0.39, 0.29) is 5.92 Å². The third-order valence-electron chi connectivity index (χ3n) is 2.10. The number of carboxylic acid groups (broad SMARTS) is 1. The van der Waals surface area contributed by atoms with E-state index in [0.29, 0.717) is 13.0 Å². The smallest absolute Gasteiger partial charge is 0.307 e. The number of aliphatic carboxylic acids is 1. The molecular formula is C9H19NO3S. The van der Waals surface area contributed by atoms with Crippen LogP contribution in [0.25, 0.3) is 0 Å². The number of hydrogen-bond donors (Lipinski definition) is 1. The van der Waals surface area contributed by atoms with E-state index in [4.69, 9.17) is 5.11 Å². The standard InChI is InChI=1S/C7H13NO3S.C2H6/c1-12(11)8-4-2-3-6(5-8)7(9)10;1-2/h6H,2-5H2,1H3,(H,9,10);1-2H3. The van der Waals surface area contributed by atoms with Crippen molar-refractivity contribution in [1.29, 1.82) is 0 Å². The Labute approximate surface area is 87.9 Å². The first-order valence-electron chi connectivity index (χ1n) is 4.92. The number of piperidine rings is 1. The van der Waals surface area contributed by atoms with E-state index in [9.17, 15) is 9.00 Å². The maximum absolute atomic E-state index is 11.0. The molecule has 0 bridgehead atoms. The molecule has 1 aliphatic rings. The monoisotopic (exact) mass is 221 g/mol. The topological polar surface area (TPSA) is 57.6 Å². The zero-order valence-corrected chi connectivity index (χ0v) is 9.84. The van der Waals surface area contributed by atoms with Crippen LogP contribution in [0.4, 0.5) is 0 Å². The highest BCUT2D eigenvalue weighted by Crippen LogP contribution is 2.17. The second kappa shape index (κ2) is 6.95. The predicted octanol–water partition coefficient (Wildman–Crippen LogP) is 1.10. The second-order valence-corrected chi connectivity index (χ2v) is 4.35. The molecule has 84 valence electrons. The molecule has 5 heteroatoms. The molecular weight excluding hydrogens is 202 g/mol. The highest BCUT2D eigenvalue weighted by Gasteiger charge is 2.26. The van der Waals surface area contributed by atoms with Crippen LogP contribution in [0.15, 0.2) is 0 Å². The molecule has 4 nitrogen and oxygen atoms in total. The van der Waals surface area contributed by atoms with E-state index in [1.807, 2.05) is 13.8 Å². The van der Waals surface area contributed by atoms with Gasteiger partial charge in [0.2, 0.25) is 0 Å². The molecule has 2 unspecified atom stereocenters. The fourth-order valence-electron chi connectivity index (χ4n) is 1.38. The van der Waals surface area contributed by atoms with Gasteiger partial charge < -0.3 is 5.11 Å². The van der Waals surface area contributed by atoms with Crippen LogP contribution in [0.5, 0.6) is 0 Å². The summed E-state index contributed by atoms with van der Waals surface area (Å²) in [6, 6.07) is 0. The molecule has 1 heterocycles. The van der Waals surface area contributed by atoms with Crippen LogP contribution in [0.1, 0.15) is 26.7 Å². The minimum atomic E-state index is -1.02. The van der Waals surface area contributed by atoms with E-state index >= 15 is 0 Å². The fourth-order valence-corrected chi connectivity index (χ4v) is 2.15. The molecule has 1 fully saturated rings. The summed E-state index contributed by atoms with van der Waals surface area (Å²) >= 11 is 0. The summed E-state index contributed by atoms with van der Waals surface area (Å²) in [5.41, 5.74) is 0. The number of carbonyl (C=O) groups is 1. The van der Waals surface area contributed by atoms with E-state index in [2.05, 4.69) is 0 Å². The Hall–Kier alpha value is -0.420. The lowest BCUT2D eigenvalue weighted by molar-refractivity contribution is -0.142. The van der Waals surface area contributed by atoms with Crippen molar-refractivity contribution in [3.8, 4) is 0 Å². The maximum atomic E-state index is 11.0. The van der Waals surface area contributed by atoms with Crippen molar-refractivity contribution in [3.63, 3.8) is 0 Å². The van der Waals surface area contributed by atoms with Gasteiger partial charge in [0.15, 0.2) is 0 Å². The summed E-state index contributed by atoms with van der Waals surface area (Å²) in [4.78, 5) is 10.6. The largest absolute Gasteiger partial charge is 0.481 e. The van der Waals surface area contributed by atoms with Gasteiger partial charge in [-0.15, -0.1) is 0 Å². The van der Waals surface area contributed by atoms with Crippen molar-refractivity contribution in [2.24, 2.45) is 5.92 Å². The molecule has 0 aromatic heterocycles. The van der Waals surface area contributed by atoms with Gasteiger partial charge in [0.25, 0.3) is 0 Å². The zero-order valence-electron chi connectivity index (χ0n) is 9.02. The molecule has 0 amide bonds. The van der Waals surface area contributed by atoms with E-state index in [1.54, 1.807) is 10.6 Å². The summed E-state index contributed by atoms with van der Waals surface area (Å²) in [5.74, 6) is -1.10. The van der Waals surface area contributed by atoms with E-state index in [1.165, 1.54) is 0 Å². The Morgan fingerprint density at radius 3 is 2.50 bits per heavy atom. The molecule has 1 rings (SSSR count). The molecule has 0 aliphatic carbocycles. The van der Waals surface area contributed by atoms with Crippen molar-refractivity contribution in [1.82, 2.24) is 4.31 Å². The lowest BCUT2D eigenvalue weighted by atomic mass is 10.0. The first-order valence-corrected chi connectivity index (χ1v) is 6.44. The average Bonchev–Trinajstić information content (AvgIpc) is 2.21. The van der Waals surface area contributed by atoms with Gasteiger partial charge in [0.1, 0.15) is 0 Å². The third kappa shape index (κ3) is 4.19. The van der Waals surface area contributed by atoms with Gasteiger partial charge in [-0.2, -0.15) is 0 Å². The Bertz CT molecular complexity index is 188. The number of rotatable bonds is 2. The molecule has 1 N–H and O–H groups in total. The summed E-state index contributed by atoms with van der Waals surface area (Å²) in [7, 11) is -1.02. The average molecular weight is 221 g/mol. The van der Waals surface area contributed by atoms with Crippen LogP contribution in [-0.2, 0) is 15.8 Å². The van der Waals surface area contributed by atoms with Crippen LogP contribution in [0.3, 0.4) is 0 Å². The molecule has 14 heavy (non-hydrogen) atoms. The number of hydrogen-bond acceptors (Lipinski definition) is 2. The lowest BCUT2D eigenvalue weighted by Crippen LogP contribution is -2.39. The van der Waals surface area contributed by atoms with Gasteiger partial charge in [0.05, 0.1) is 16.9 Å². The van der Waals surface area contributed by atoms with Crippen molar-refractivity contribution in [2.45, 2.75) is 26.7 Å². The maximum Gasteiger partial charge on any atom is 0.307 e. The first-order chi connectivity index (χ1) is 6.61. The molecule has 0 aromatic rings. The molecule has 1 aliphatic heterocycles. The van der Waals surface area contributed by atoms with Gasteiger partial charge in [-0.25, -0.2) is 8.51 Å². The van der Waals surface area contributed by atoms with E-state index < -0.39 is 17.0 Å². The van der Waals surface area contributed by atoms with Crippen LogP contribution >= 0.6 is 0 Å². The Kier molecular flexibility index (Phi) is 6.74. The van der Waals surface area contributed by atoms with Crippen molar-refractivity contribution < 1.29 is 14.1 Å². The normalized spacial score (nSPS) is 24.6. The van der Waals surface area contributed by atoms with Gasteiger partial charge >= 0.3 is 5.97 Å². The van der Waals surface area contributed by atoms with Crippen molar-refractivity contribution in [3.05, 3.63) is 0 Å². The molecule has 2 atom stereocenters. The molecule has 0 radical (unpaired) electrons. The lowest BCUT2D eigenvalue weighted by Gasteiger charge is -2.27. The summed E-state index contributed by atoms with van der Waals surface area (Å²) in [6.45, 7) is 5.19. The van der Waals surface area contributed by atoms with Crippen molar-refractivity contribution in [2.75, 3.05) is 19.3 Å². The summed E-state index contributed by atoms with van der Waals surface area (Å²) in [5, 5.41) is 8.71. The van der Waals surface area contributed by atoms with Crippen LogP contribution < -0.4 is 0 Å². The molecule has 0 spiro atoms. The first kappa shape index (κ1) is 13.6. The van der Waals surface area contributed by atoms with Gasteiger partial charge in [-0.1, -0.05) is 13.8 Å². The summed E-state index contributed by atoms with van der Waals surface area (Å²) in [6.07, 6.45) is 3.13. The Balaban J connectivity index is 0.000000791. The van der Waals surface area contributed by atoms with Crippen molar-refractivity contribution >= 4 is 17.0 Å². The number of carboxylic acids is 1. The SMILES string of the molecule is CC.CS(=O)N1CCCC(C(=O)O)C1. The van der Waals surface area contributed by atoms with Crippen LogP contribution in [0, 0.1) is 5.92 Å². The minimum Gasteiger partial charge on any atom is -0.481 e. The fraction of sp³-hybridized carbons (Fsp3) is 0.889.